The summed E-state index contributed by atoms with van der Waals surface area (Å²) in [5.41, 5.74) is 8.37. The molecule has 1 fully saturated rings. The van der Waals surface area contributed by atoms with Gasteiger partial charge in [-0.25, -0.2) is 0 Å². The van der Waals surface area contributed by atoms with Gasteiger partial charge in [0.05, 0.1) is 26.9 Å². The molecule has 2 aromatic rings. The van der Waals surface area contributed by atoms with Crippen LogP contribution in [0, 0.1) is 5.92 Å². The summed E-state index contributed by atoms with van der Waals surface area (Å²) in [4.78, 5) is 0. The van der Waals surface area contributed by atoms with E-state index < -0.39 is 0 Å². The van der Waals surface area contributed by atoms with Gasteiger partial charge in [0.2, 0.25) is 0 Å². The first-order valence-corrected chi connectivity index (χ1v) is 10.1. The third-order valence-electron chi connectivity index (χ3n) is 5.37. The number of nitrogens with two attached hydrogens (primary N) is 1. The second-order valence-electron chi connectivity index (χ2n) is 7.23. The Bertz CT molecular complexity index is 705. The number of methoxy groups -OCH3 is 1. The summed E-state index contributed by atoms with van der Waals surface area (Å²) < 4.78 is 16.9. The van der Waals surface area contributed by atoms with E-state index in [0.717, 1.165) is 49.5 Å². The molecule has 0 spiro atoms. The van der Waals surface area contributed by atoms with Gasteiger partial charge in [0.15, 0.2) is 0 Å². The van der Waals surface area contributed by atoms with Crippen molar-refractivity contribution in [2.45, 2.75) is 25.4 Å². The summed E-state index contributed by atoms with van der Waals surface area (Å²) in [6, 6.07) is 16.4. The minimum Gasteiger partial charge on any atom is -0.496 e. The van der Waals surface area contributed by atoms with Gasteiger partial charge in [0.1, 0.15) is 11.5 Å². The van der Waals surface area contributed by atoms with Crippen LogP contribution < -0.4 is 20.5 Å². The fourth-order valence-corrected chi connectivity index (χ4v) is 3.78. The Kier molecular flexibility index (Phi) is 8.15. The van der Waals surface area contributed by atoms with Gasteiger partial charge >= 0.3 is 0 Å². The van der Waals surface area contributed by atoms with E-state index >= 15 is 0 Å². The zero-order valence-electron chi connectivity index (χ0n) is 16.7. The molecule has 2 atom stereocenters. The van der Waals surface area contributed by atoms with E-state index in [-0.39, 0.29) is 0 Å². The molecule has 0 radical (unpaired) electrons. The Labute approximate surface area is 168 Å². The van der Waals surface area contributed by atoms with Crippen LogP contribution in [0.3, 0.4) is 0 Å². The number of rotatable bonds is 10. The quantitative estimate of drug-likeness (QED) is 0.615. The molecule has 1 heterocycles. The van der Waals surface area contributed by atoms with Crippen molar-refractivity contribution in [2.24, 2.45) is 11.7 Å². The average molecular weight is 385 g/mol. The molecule has 0 aliphatic carbocycles. The van der Waals surface area contributed by atoms with E-state index in [1.165, 1.54) is 5.56 Å². The van der Waals surface area contributed by atoms with Crippen molar-refractivity contribution in [3.8, 4) is 11.5 Å². The average Bonchev–Trinajstić information content (AvgIpc) is 2.76. The highest BCUT2D eigenvalue weighted by Gasteiger charge is 2.24. The van der Waals surface area contributed by atoms with Gasteiger partial charge < -0.3 is 25.3 Å². The number of hydrogen-bond donors (Lipinski definition) is 2. The van der Waals surface area contributed by atoms with E-state index in [4.69, 9.17) is 19.9 Å². The standard InChI is InChI=1S/C23H32N2O3/c1-26-23-6-3-2-5-19(23)17-27-13-4-14-28-21-9-7-18(8-10-21)22-11-12-25-16-20(22)15-24/h2-3,5-10,20,22,25H,4,11-17,24H2,1H3/t20?,22-/m0/s1. The highest BCUT2D eigenvalue weighted by molar-refractivity contribution is 5.32. The van der Waals surface area contributed by atoms with Crippen LogP contribution in [0.15, 0.2) is 48.5 Å². The zero-order chi connectivity index (χ0) is 19.6. The maximum Gasteiger partial charge on any atom is 0.124 e. The molecule has 1 aliphatic heterocycles. The molecule has 5 heteroatoms. The number of nitrogens with one attached hydrogen (secondary N) is 1. The van der Waals surface area contributed by atoms with Crippen molar-refractivity contribution in [3.05, 3.63) is 59.7 Å². The smallest absolute Gasteiger partial charge is 0.124 e. The summed E-state index contributed by atoms with van der Waals surface area (Å²) in [5.74, 6) is 2.83. The van der Waals surface area contributed by atoms with Gasteiger partial charge in [-0.2, -0.15) is 0 Å². The fourth-order valence-electron chi connectivity index (χ4n) is 3.78. The molecule has 0 aromatic heterocycles. The predicted octanol–water partition coefficient (Wildman–Crippen LogP) is 3.33. The van der Waals surface area contributed by atoms with Crippen LogP contribution in [0.2, 0.25) is 0 Å². The van der Waals surface area contributed by atoms with Crippen LogP contribution in [0.5, 0.6) is 11.5 Å². The van der Waals surface area contributed by atoms with Gasteiger partial charge in [-0.05, 0) is 61.7 Å². The van der Waals surface area contributed by atoms with Crippen LogP contribution in [-0.2, 0) is 11.3 Å². The minimum atomic E-state index is 0.515. The molecule has 28 heavy (non-hydrogen) atoms. The number of ether oxygens (including phenoxy) is 3. The largest absolute Gasteiger partial charge is 0.496 e. The fraction of sp³-hybridized carbons (Fsp3) is 0.478. The van der Waals surface area contributed by atoms with Crippen LogP contribution in [-0.4, -0.2) is 40.0 Å². The third kappa shape index (κ3) is 5.71. The molecule has 0 amide bonds. The highest BCUT2D eigenvalue weighted by atomic mass is 16.5. The third-order valence-corrected chi connectivity index (χ3v) is 5.37. The van der Waals surface area contributed by atoms with Crippen LogP contribution >= 0.6 is 0 Å². The first-order chi connectivity index (χ1) is 13.8. The first-order valence-electron chi connectivity index (χ1n) is 10.1. The Morgan fingerprint density at radius 3 is 2.68 bits per heavy atom. The highest BCUT2D eigenvalue weighted by Crippen LogP contribution is 2.30. The molecule has 2 aromatic carbocycles. The van der Waals surface area contributed by atoms with E-state index in [9.17, 15) is 0 Å². The van der Waals surface area contributed by atoms with Crippen LogP contribution in [0.25, 0.3) is 0 Å². The maximum atomic E-state index is 5.94. The monoisotopic (exact) mass is 384 g/mol. The minimum absolute atomic E-state index is 0.515. The van der Waals surface area contributed by atoms with Crippen molar-refractivity contribution in [1.82, 2.24) is 5.32 Å². The Morgan fingerprint density at radius 1 is 1.07 bits per heavy atom. The summed E-state index contributed by atoms with van der Waals surface area (Å²) in [6.45, 7) is 4.65. The molecular formula is C23H32N2O3. The van der Waals surface area contributed by atoms with E-state index in [1.54, 1.807) is 7.11 Å². The molecule has 3 rings (SSSR count). The predicted molar refractivity (Wildman–Crippen MR) is 112 cm³/mol. The maximum absolute atomic E-state index is 5.94. The van der Waals surface area contributed by atoms with Crippen LogP contribution in [0.1, 0.15) is 29.9 Å². The molecule has 152 valence electrons. The molecule has 1 aliphatic rings. The van der Waals surface area contributed by atoms with Gasteiger partial charge in [-0.3, -0.25) is 0 Å². The SMILES string of the molecule is COc1ccccc1COCCCOc1ccc([C@@H]2CCNCC2CN)cc1. The summed E-state index contributed by atoms with van der Waals surface area (Å²) in [7, 11) is 1.68. The summed E-state index contributed by atoms with van der Waals surface area (Å²) >= 11 is 0. The summed E-state index contributed by atoms with van der Waals surface area (Å²) in [5, 5.41) is 3.43. The number of piperidine rings is 1. The molecule has 0 saturated carbocycles. The Morgan fingerprint density at radius 2 is 1.89 bits per heavy atom. The Balaban J connectivity index is 1.37. The van der Waals surface area contributed by atoms with Crippen molar-refractivity contribution in [3.63, 3.8) is 0 Å². The lowest BCUT2D eigenvalue weighted by Crippen LogP contribution is -2.39. The molecule has 0 bridgehead atoms. The molecule has 1 saturated heterocycles. The van der Waals surface area contributed by atoms with Crippen molar-refractivity contribution < 1.29 is 14.2 Å². The Hall–Kier alpha value is -2.08. The second kappa shape index (κ2) is 11.1. The zero-order valence-corrected chi connectivity index (χ0v) is 16.7. The van der Waals surface area contributed by atoms with E-state index in [1.807, 2.05) is 24.3 Å². The number of benzene rings is 2. The molecule has 3 N–H and O–H groups in total. The van der Waals surface area contributed by atoms with Crippen molar-refractivity contribution >= 4 is 0 Å². The van der Waals surface area contributed by atoms with Crippen molar-refractivity contribution in [1.29, 1.82) is 0 Å². The topological polar surface area (TPSA) is 65.7 Å². The first kappa shape index (κ1) is 20.6. The van der Waals surface area contributed by atoms with Gasteiger partial charge in [-0.15, -0.1) is 0 Å². The molecule has 1 unspecified atom stereocenters. The second-order valence-corrected chi connectivity index (χ2v) is 7.23. The molecule has 5 nitrogen and oxygen atoms in total. The normalized spacial score (nSPS) is 19.4. The van der Waals surface area contributed by atoms with E-state index in [0.29, 0.717) is 31.7 Å². The van der Waals surface area contributed by atoms with Crippen LogP contribution in [0.4, 0.5) is 0 Å². The number of hydrogen-bond acceptors (Lipinski definition) is 5. The summed E-state index contributed by atoms with van der Waals surface area (Å²) in [6.07, 6.45) is 1.99. The van der Waals surface area contributed by atoms with E-state index in [2.05, 4.69) is 29.6 Å². The van der Waals surface area contributed by atoms with Crippen molar-refractivity contribution in [2.75, 3.05) is 40.0 Å². The molecular weight excluding hydrogens is 352 g/mol. The lowest BCUT2D eigenvalue weighted by atomic mass is 9.81. The van der Waals surface area contributed by atoms with Gasteiger partial charge in [-0.1, -0.05) is 30.3 Å². The van der Waals surface area contributed by atoms with Gasteiger partial charge in [0, 0.05) is 12.0 Å². The lowest BCUT2D eigenvalue weighted by Gasteiger charge is -2.31. The lowest BCUT2D eigenvalue weighted by molar-refractivity contribution is 0.105. The number of para-hydroxylation sites is 1. The van der Waals surface area contributed by atoms with Gasteiger partial charge in [0.25, 0.3) is 0 Å².